The Hall–Kier alpha value is -0.850. The van der Waals surface area contributed by atoms with Gasteiger partial charge in [0.05, 0.1) is 0 Å². The quantitative estimate of drug-likeness (QED) is 0.397. The van der Waals surface area contributed by atoms with Crippen LogP contribution in [0.2, 0.25) is 0 Å². The van der Waals surface area contributed by atoms with E-state index >= 15 is 0 Å². The van der Waals surface area contributed by atoms with Gasteiger partial charge in [-0.05, 0) is 20.1 Å². The van der Waals surface area contributed by atoms with Crippen molar-refractivity contribution in [2.75, 3.05) is 0 Å². The Morgan fingerprint density at radius 3 is 1.75 bits per heavy atom. The molecule has 0 rings (SSSR count). The maximum atomic E-state index is 6.08. The van der Waals surface area contributed by atoms with E-state index in [-0.39, 0.29) is 0 Å². The predicted octanol–water partition coefficient (Wildman–Crippen LogP) is 2.40. The fraction of sp³-hybridized carbons (Fsp3) is 0.286. The highest BCUT2D eigenvalue weighted by Crippen LogP contribution is 1.64. The van der Waals surface area contributed by atoms with Gasteiger partial charge in [0.15, 0.2) is 0 Å². The van der Waals surface area contributed by atoms with E-state index < -0.39 is 0 Å². The second-order valence-electron chi connectivity index (χ2n) is 1.05. The van der Waals surface area contributed by atoms with Crippen LogP contribution in [0.3, 0.4) is 0 Å². The van der Waals surface area contributed by atoms with Gasteiger partial charge >= 0.3 is 0 Å². The van der Waals surface area contributed by atoms with Gasteiger partial charge in [0.25, 0.3) is 0 Å². The summed E-state index contributed by atoms with van der Waals surface area (Å²) in [6.07, 6.45) is 6.83. The molecule has 0 aliphatic carbocycles. The molecule has 0 aromatic rings. The Morgan fingerprint density at radius 1 is 1.38 bits per heavy atom. The fourth-order valence-electron chi connectivity index (χ4n) is 0.136. The molecule has 0 heterocycles. The number of hydrogen-bond acceptors (Lipinski definition) is 1. The molecule has 0 unspecified atom stereocenters. The summed E-state index contributed by atoms with van der Waals surface area (Å²) >= 11 is 0. The topological polar surface area (TPSA) is 23.9 Å². The Labute approximate surface area is 51.2 Å². The lowest BCUT2D eigenvalue weighted by Gasteiger charge is -1.56. The van der Waals surface area contributed by atoms with Gasteiger partial charge in [0.1, 0.15) is 0 Å². The molecular weight excluding hydrogens is 98.1 g/mol. The summed E-state index contributed by atoms with van der Waals surface area (Å²) in [5.41, 5.74) is 0. The number of hydrogen-bond donors (Lipinski definition) is 1. The molecule has 0 aromatic carbocycles. The van der Waals surface area contributed by atoms with E-state index in [1.807, 2.05) is 19.1 Å². The van der Waals surface area contributed by atoms with Crippen molar-refractivity contribution in [1.29, 1.82) is 5.41 Å². The van der Waals surface area contributed by atoms with Crippen molar-refractivity contribution in [2.45, 2.75) is 13.8 Å². The zero-order valence-corrected chi connectivity index (χ0v) is 5.52. The summed E-state index contributed by atoms with van der Waals surface area (Å²) in [6.45, 7) is 7.09. The SMILES string of the molecule is C=C/C=C/C.CC=N. The van der Waals surface area contributed by atoms with E-state index in [0.29, 0.717) is 0 Å². The van der Waals surface area contributed by atoms with Gasteiger partial charge in [-0.3, -0.25) is 0 Å². The summed E-state index contributed by atoms with van der Waals surface area (Å²) in [5, 5.41) is 6.08. The van der Waals surface area contributed by atoms with Crippen LogP contribution in [-0.2, 0) is 0 Å². The second-order valence-corrected chi connectivity index (χ2v) is 1.05. The molecule has 0 amide bonds. The molecule has 0 bridgehead atoms. The molecule has 1 N–H and O–H groups in total. The predicted molar refractivity (Wildman–Crippen MR) is 39.5 cm³/mol. The summed E-state index contributed by atoms with van der Waals surface area (Å²) in [4.78, 5) is 0. The third-order valence-corrected chi connectivity index (χ3v) is 0.329. The zero-order chi connectivity index (χ0) is 6.83. The van der Waals surface area contributed by atoms with Crippen LogP contribution in [0.1, 0.15) is 13.8 Å². The highest BCUT2D eigenvalue weighted by Gasteiger charge is 1.42. The van der Waals surface area contributed by atoms with E-state index in [0.717, 1.165) is 0 Å². The van der Waals surface area contributed by atoms with Gasteiger partial charge in [0.2, 0.25) is 0 Å². The standard InChI is InChI=1S/C5H8.C2H5N/c1-3-5-4-2;1-2-3/h3-5H,1H2,2H3;2-3H,1H3/b5-4+;. The van der Waals surface area contributed by atoms with Crippen LogP contribution >= 0.6 is 0 Å². The molecule has 0 fully saturated rings. The van der Waals surface area contributed by atoms with Crippen molar-refractivity contribution in [3.8, 4) is 0 Å². The largest absolute Gasteiger partial charge is 0.313 e. The lowest BCUT2D eigenvalue weighted by molar-refractivity contribution is 1.55. The summed E-state index contributed by atoms with van der Waals surface area (Å²) in [6, 6.07) is 0. The molecule has 0 atom stereocenters. The van der Waals surface area contributed by atoms with Crippen LogP contribution in [0.25, 0.3) is 0 Å². The maximum Gasteiger partial charge on any atom is -0.00788 e. The highest BCUT2D eigenvalue weighted by molar-refractivity contribution is 5.48. The molecule has 1 nitrogen and oxygen atoms in total. The van der Waals surface area contributed by atoms with Crippen molar-refractivity contribution < 1.29 is 0 Å². The van der Waals surface area contributed by atoms with Gasteiger partial charge in [-0.1, -0.05) is 24.8 Å². The second kappa shape index (κ2) is 16.4. The van der Waals surface area contributed by atoms with Crippen molar-refractivity contribution in [3.63, 3.8) is 0 Å². The number of allylic oxidation sites excluding steroid dienone is 3. The Morgan fingerprint density at radius 2 is 1.75 bits per heavy atom. The minimum Gasteiger partial charge on any atom is -0.313 e. The Balaban J connectivity index is 0. The van der Waals surface area contributed by atoms with Crippen LogP contribution in [0.5, 0.6) is 0 Å². The minimum atomic E-state index is 1.25. The van der Waals surface area contributed by atoms with Gasteiger partial charge in [-0.15, -0.1) is 0 Å². The van der Waals surface area contributed by atoms with Crippen LogP contribution in [0.15, 0.2) is 24.8 Å². The van der Waals surface area contributed by atoms with Crippen LogP contribution in [0.4, 0.5) is 0 Å². The smallest absolute Gasteiger partial charge is 0.00788 e. The highest BCUT2D eigenvalue weighted by atomic mass is 14.3. The van der Waals surface area contributed by atoms with E-state index in [2.05, 4.69) is 6.58 Å². The molecule has 46 valence electrons. The first-order valence-corrected chi connectivity index (χ1v) is 2.52. The van der Waals surface area contributed by atoms with Gasteiger partial charge in [-0.25, -0.2) is 0 Å². The molecule has 0 aromatic heterocycles. The molecule has 0 aliphatic heterocycles. The van der Waals surface area contributed by atoms with Gasteiger partial charge in [0, 0.05) is 0 Å². The third kappa shape index (κ3) is 67.1. The maximum absolute atomic E-state index is 6.08. The van der Waals surface area contributed by atoms with E-state index in [9.17, 15) is 0 Å². The summed E-state index contributed by atoms with van der Waals surface area (Å²) in [7, 11) is 0. The first-order chi connectivity index (χ1) is 3.83. The number of nitrogens with one attached hydrogen (secondary N) is 1. The zero-order valence-electron chi connectivity index (χ0n) is 5.52. The van der Waals surface area contributed by atoms with Gasteiger partial charge in [-0.2, -0.15) is 0 Å². The van der Waals surface area contributed by atoms with Gasteiger partial charge < -0.3 is 5.41 Å². The molecule has 8 heavy (non-hydrogen) atoms. The minimum absolute atomic E-state index is 1.25. The van der Waals surface area contributed by atoms with Crippen molar-refractivity contribution >= 4 is 6.21 Å². The summed E-state index contributed by atoms with van der Waals surface area (Å²) < 4.78 is 0. The van der Waals surface area contributed by atoms with Crippen molar-refractivity contribution in [1.82, 2.24) is 0 Å². The van der Waals surface area contributed by atoms with Crippen LogP contribution < -0.4 is 0 Å². The molecule has 0 spiro atoms. The first kappa shape index (κ1) is 10.2. The molecule has 0 aliphatic rings. The van der Waals surface area contributed by atoms with Crippen LogP contribution in [-0.4, -0.2) is 6.21 Å². The average molecular weight is 111 g/mol. The van der Waals surface area contributed by atoms with Crippen LogP contribution in [0, 0.1) is 5.41 Å². The Bertz CT molecular complexity index is 72.5. The number of rotatable bonds is 1. The molecule has 0 radical (unpaired) electrons. The third-order valence-electron chi connectivity index (χ3n) is 0.329. The van der Waals surface area contributed by atoms with E-state index in [4.69, 9.17) is 5.41 Å². The molecule has 0 saturated carbocycles. The lowest BCUT2D eigenvalue weighted by atomic mass is 10.5. The molecule has 0 saturated heterocycles. The fourth-order valence-corrected chi connectivity index (χ4v) is 0.136. The summed E-state index contributed by atoms with van der Waals surface area (Å²) in [5.74, 6) is 0. The monoisotopic (exact) mass is 111 g/mol. The first-order valence-electron chi connectivity index (χ1n) is 2.52. The average Bonchev–Trinajstić information content (AvgIpc) is 1.71. The lowest BCUT2D eigenvalue weighted by Crippen LogP contribution is -1.33. The molecule has 1 heteroatoms. The van der Waals surface area contributed by atoms with Crippen molar-refractivity contribution in [3.05, 3.63) is 24.8 Å². The Kier molecular flexibility index (Phi) is 21.0. The van der Waals surface area contributed by atoms with Crippen molar-refractivity contribution in [2.24, 2.45) is 0 Å². The van der Waals surface area contributed by atoms with E-state index in [1.165, 1.54) is 6.21 Å². The normalized spacial score (nSPS) is 7.25. The van der Waals surface area contributed by atoms with E-state index in [1.54, 1.807) is 13.0 Å². The molecular formula is C7H13N.